The summed E-state index contributed by atoms with van der Waals surface area (Å²) in [4.78, 5) is 8.70. The highest BCUT2D eigenvalue weighted by atomic mass is 127. The third-order valence-corrected chi connectivity index (χ3v) is 4.06. The van der Waals surface area contributed by atoms with E-state index in [4.69, 9.17) is 26.2 Å². The molecule has 0 aliphatic rings. The Balaban J connectivity index is 0.00000420. The van der Waals surface area contributed by atoms with E-state index in [1.54, 1.807) is 19.4 Å². The molecule has 0 fully saturated rings. The van der Waals surface area contributed by atoms with Crippen LogP contribution in [0, 0.1) is 0 Å². The molecule has 2 aromatic rings. The predicted molar refractivity (Wildman–Crippen MR) is 127 cm³/mol. The van der Waals surface area contributed by atoms with Gasteiger partial charge >= 0.3 is 0 Å². The van der Waals surface area contributed by atoms with Crippen LogP contribution in [0.5, 0.6) is 11.5 Å². The van der Waals surface area contributed by atoms with E-state index in [0.717, 1.165) is 36.6 Å². The zero-order chi connectivity index (χ0) is 20.2. The van der Waals surface area contributed by atoms with Gasteiger partial charge in [0, 0.05) is 19.3 Å². The number of aromatic nitrogens is 1. The lowest BCUT2D eigenvalue weighted by Gasteiger charge is -2.13. The van der Waals surface area contributed by atoms with Crippen molar-refractivity contribution in [1.29, 1.82) is 0 Å². The van der Waals surface area contributed by atoms with Crippen LogP contribution in [0.25, 0.3) is 0 Å². The summed E-state index contributed by atoms with van der Waals surface area (Å²) in [6, 6.07) is 9.40. The van der Waals surface area contributed by atoms with E-state index in [2.05, 4.69) is 20.6 Å². The fourth-order valence-electron chi connectivity index (χ4n) is 2.48. The van der Waals surface area contributed by atoms with Gasteiger partial charge in [0.15, 0.2) is 17.5 Å². The number of nitrogens with zero attached hydrogens (tertiary/aromatic N) is 2. The van der Waals surface area contributed by atoms with E-state index >= 15 is 0 Å². The van der Waals surface area contributed by atoms with E-state index in [9.17, 15) is 0 Å². The highest BCUT2D eigenvalue weighted by molar-refractivity contribution is 14.0. The van der Waals surface area contributed by atoms with Gasteiger partial charge in [-0.15, -0.1) is 24.0 Å². The number of pyridine rings is 1. The lowest BCUT2D eigenvalue weighted by molar-refractivity contribution is 0.196. The summed E-state index contributed by atoms with van der Waals surface area (Å²) in [5, 5.41) is 15.9. The van der Waals surface area contributed by atoms with E-state index in [0.29, 0.717) is 23.2 Å². The minimum atomic E-state index is -0.0427. The van der Waals surface area contributed by atoms with Crippen molar-refractivity contribution in [3.8, 4) is 11.5 Å². The lowest BCUT2D eigenvalue weighted by Crippen LogP contribution is -2.38. The van der Waals surface area contributed by atoms with Gasteiger partial charge in [0.05, 0.1) is 20.3 Å². The van der Waals surface area contributed by atoms with Gasteiger partial charge in [-0.2, -0.15) is 0 Å². The first-order valence-electron chi connectivity index (χ1n) is 9.19. The number of guanidine groups is 1. The fraction of sp³-hybridized carbons (Fsp3) is 0.400. The standard InChI is InChI=1S/C20H27ClN4O3.HI/c1-3-22-20(23-9-8-15-5-7-19(21)24-13-15)25-14-16-4-6-17(28-11-10-26)18(12-16)27-2;/h4-7,12-13,26H,3,8-11,14H2,1-2H3,(H2,22,23,25);1H. The lowest BCUT2D eigenvalue weighted by atomic mass is 10.2. The Morgan fingerprint density at radius 1 is 1.17 bits per heavy atom. The predicted octanol–water partition coefficient (Wildman–Crippen LogP) is 3.03. The average molecular weight is 535 g/mol. The molecule has 29 heavy (non-hydrogen) atoms. The highest BCUT2D eigenvalue weighted by Gasteiger charge is 2.06. The minimum Gasteiger partial charge on any atom is -0.493 e. The number of hydrogen-bond donors (Lipinski definition) is 3. The molecule has 0 aliphatic heterocycles. The molecule has 1 aromatic heterocycles. The summed E-state index contributed by atoms with van der Waals surface area (Å²) < 4.78 is 10.8. The van der Waals surface area contributed by atoms with Crippen molar-refractivity contribution in [3.05, 3.63) is 52.8 Å². The molecule has 160 valence electrons. The number of benzene rings is 1. The van der Waals surface area contributed by atoms with E-state index < -0.39 is 0 Å². The first kappa shape index (κ1) is 25.3. The summed E-state index contributed by atoms with van der Waals surface area (Å²) in [5.41, 5.74) is 2.10. The molecule has 1 heterocycles. The van der Waals surface area contributed by atoms with Crippen molar-refractivity contribution in [2.75, 3.05) is 33.4 Å². The largest absolute Gasteiger partial charge is 0.493 e. The Morgan fingerprint density at radius 3 is 2.62 bits per heavy atom. The topological polar surface area (TPSA) is 88.0 Å². The van der Waals surface area contributed by atoms with Crippen LogP contribution < -0.4 is 20.1 Å². The molecule has 2 rings (SSSR count). The molecule has 0 bridgehead atoms. The van der Waals surface area contributed by atoms with Gasteiger partial charge in [-0.1, -0.05) is 23.7 Å². The quantitative estimate of drug-likeness (QED) is 0.188. The Bertz CT molecular complexity index is 760. The van der Waals surface area contributed by atoms with Crippen LogP contribution in [0.4, 0.5) is 0 Å². The van der Waals surface area contributed by atoms with Crippen LogP contribution >= 0.6 is 35.6 Å². The summed E-state index contributed by atoms with van der Waals surface area (Å²) in [7, 11) is 1.59. The Labute approximate surface area is 193 Å². The van der Waals surface area contributed by atoms with Crippen molar-refractivity contribution in [2.45, 2.75) is 19.9 Å². The van der Waals surface area contributed by atoms with Crippen LogP contribution in [-0.2, 0) is 13.0 Å². The van der Waals surface area contributed by atoms with Gasteiger partial charge in [0.25, 0.3) is 0 Å². The number of halogens is 2. The molecule has 7 nitrogen and oxygen atoms in total. The van der Waals surface area contributed by atoms with Gasteiger partial charge in [-0.05, 0) is 42.7 Å². The van der Waals surface area contributed by atoms with Crippen molar-refractivity contribution in [1.82, 2.24) is 15.6 Å². The van der Waals surface area contributed by atoms with Crippen molar-refractivity contribution >= 4 is 41.5 Å². The van der Waals surface area contributed by atoms with Crippen molar-refractivity contribution in [3.63, 3.8) is 0 Å². The number of aliphatic imine (C=N–C) groups is 1. The monoisotopic (exact) mass is 534 g/mol. The highest BCUT2D eigenvalue weighted by Crippen LogP contribution is 2.28. The van der Waals surface area contributed by atoms with Crippen LogP contribution in [0.15, 0.2) is 41.5 Å². The first-order valence-corrected chi connectivity index (χ1v) is 9.57. The number of methoxy groups -OCH3 is 1. The number of aliphatic hydroxyl groups excluding tert-OH is 1. The summed E-state index contributed by atoms with van der Waals surface area (Å²) in [6.45, 7) is 4.20. The molecule has 0 atom stereocenters. The third kappa shape index (κ3) is 9.05. The van der Waals surface area contributed by atoms with E-state index in [1.807, 2.05) is 31.2 Å². The minimum absolute atomic E-state index is 0. The molecule has 0 amide bonds. The molecule has 0 saturated heterocycles. The maximum Gasteiger partial charge on any atom is 0.191 e. The number of hydrogen-bond acceptors (Lipinski definition) is 5. The summed E-state index contributed by atoms with van der Waals surface area (Å²) >= 11 is 5.81. The van der Waals surface area contributed by atoms with Crippen molar-refractivity contribution < 1.29 is 14.6 Å². The Morgan fingerprint density at radius 2 is 1.97 bits per heavy atom. The Hall–Kier alpha value is -1.78. The maximum atomic E-state index is 8.89. The molecular formula is C20H28ClIN4O3. The molecule has 0 aliphatic carbocycles. The van der Waals surface area contributed by atoms with Crippen molar-refractivity contribution in [2.24, 2.45) is 4.99 Å². The number of ether oxygens (including phenoxy) is 2. The third-order valence-electron chi connectivity index (χ3n) is 3.84. The zero-order valence-electron chi connectivity index (χ0n) is 16.7. The van der Waals surface area contributed by atoms with Gasteiger partial charge in [0.2, 0.25) is 0 Å². The van der Waals surface area contributed by atoms with Gasteiger partial charge in [-0.25, -0.2) is 9.98 Å². The molecule has 0 radical (unpaired) electrons. The molecule has 9 heteroatoms. The molecule has 0 saturated carbocycles. The first-order chi connectivity index (χ1) is 13.7. The van der Waals surface area contributed by atoms with Gasteiger partial charge in [-0.3, -0.25) is 0 Å². The SMILES string of the molecule is CCNC(=NCc1ccc(OCCO)c(OC)c1)NCCc1ccc(Cl)nc1.I. The molecule has 0 spiro atoms. The van der Waals surface area contributed by atoms with E-state index in [-0.39, 0.29) is 37.2 Å². The van der Waals surface area contributed by atoms with Crippen LogP contribution in [0.2, 0.25) is 5.15 Å². The smallest absolute Gasteiger partial charge is 0.191 e. The molecule has 1 aromatic carbocycles. The van der Waals surface area contributed by atoms with Crippen LogP contribution in [0.1, 0.15) is 18.1 Å². The Kier molecular flexibility index (Phi) is 12.4. The maximum absolute atomic E-state index is 8.89. The number of rotatable bonds is 10. The van der Waals surface area contributed by atoms with Crippen LogP contribution in [0.3, 0.4) is 0 Å². The average Bonchev–Trinajstić information content (AvgIpc) is 2.72. The van der Waals surface area contributed by atoms with Crippen LogP contribution in [-0.4, -0.2) is 49.5 Å². The summed E-state index contributed by atoms with van der Waals surface area (Å²) in [5.74, 6) is 1.96. The normalized spacial score (nSPS) is 10.8. The molecule has 0 unspecified atom stereocenters. The zero-order valence-corrected chi connectivity index (χ0v) is 19.7. The second kappa shape index (κ2) is 14.2. The second-order valence-electron chi connectivity index (χ2n) is 5.92. The fourth-order valence-corrected chi connectivity index (χ4v) is 2.59. The van der Waals surface area contributed by atoms with E-state index in [1.165, 1.54) is 0 Å². The number of nitrogens with one attached hydrogen (secondary N) is 2. The molecule has 3 N–H and O–H groups in total. The second-order valence-corrected chi connectivity index (χ2v) is 6.31. The van der Waals surface area contributed by atoms with Gasteiger partial charge < -0.3 is 25.2 Å². The van der Waals surface area contributed by atoms with Gasteiger partial charge in [0.1, 0.15) is 11.8 Å². The number of aliphatic hydroxyl groups is 1. The summed E-state index contributed by atoms with van der Waals surface area (Å²) in [6.07, 6.45) is 2.60. The molecular weight excluding hydrogens is 507 g/mol.